The molecule has 3 heterocycles. The molecule has 1 fully saturated rings. The maximum Gasteiger partial charge on any atom is 0.318 e. The van der Waals surface area contributed by atoms with E-state index in [1.807, 2.05) is 67.6 Å². The van der Waals surface area contributed by atoms with Crippen molar-refractivity contribution >= 4 is 22.0 Å². The molecule has 0 saturated carbocycles. The van der Waals surface area contributed by atoms with E-state index in [0.717, 1.165) is 39.8 Å². The van der Waals surface area contributed by atoms with Crippen molar-refractivity contribution in [3.8, 4) is 17.1 Å². The Morgan fingerprint density at radius 3 is 2.81 bits per heavy atom. The Morgan fingerprint density at radius 1 is 1.19 bits per heavy atom. The maximum atomic E-state index is 13.2. The van der Waals surface area contributed by atoms with Crippen LogP contribution in [0.5, 0.6) is 5.75 Å². The third kappa shape index (κ3) is 5.41. The minimum atomic E-state index is -0.246. The van der Waals surface area contributed by atoms with Gasteiger partial charge in [0.1, 0.15) is 18.4 Å². The van der Waals surface area contributed by atoms with E-state index in [-0.39, 0.29) is 18.1 Å². The van der Waals surface area contributed by atoms with E-state index in [1.165, 1.54) is 0 Å². The predicted molar refractivity (Wildman–Crippen MR) is 138 cm³/mol. The molecule has 2 amide bonds. The number of ether oxygens (including phenoxy) is 1. The molecule has 1 N–H and O–H groups in total. The number of urea groups is 1. The average Bonchev–Trinajstić information content (AvgIpc) is 3.59. The summed E-state index contributed by atoms with van der Waals surface area (Å²) in [6.45, 7) is 3.05. The summed E-state index contributed by atoms with van der Waals surface area (Å²) in [6.07, 6.45) is 5.18. The third-order valence-electron chi connectivity index (χ3n) is 6.20. The molecule has 1 aliphatic rings. The van der Waals surface area contributed by atoms with Crippen LogP contribution < -0.4 is 10.1 Å². The van der Waals surface area contributed by atoms with Gasteiger partial charge in [0.2, 0.25) is 11.7 Å². The van der Waals surface area contributed by atoms with Crippen molar-refractivity contribution in [1.82, 2.24) is 25.3 Å². The lowest BCUT2D eigenvalue weighted by atomic mass is 10.1. The molecule has 36 heavy (non-hydrogen) atoms. The van der Waals surface area contributed by atoms with E-state index in [4.69, 9.17) is 9.26 Å². The van der Waals surface area contributed by atoms with Crippen LogP contribution in [0.15, 0.2) is 82.1 Å². The van der Waals surface area contributed by atoms with Gasteiger partial charge in [-0.1, -0.05) is 51.4 Å². The first-order valence-electron chi connectivity index (χ1n) is 11.9. The second-order valence-electron chi connectivity index (χ2n) is 8.68. The number of nitrogens with zero attached hydrogens (tertiary/aromatic N) is 4. The van der Waals surface area contributed by atoms with E-state index < -0.39 is 0 Å². The number of carbonyl (C=O) groups is 1. The normalized spacial score (nSPS) is 16.1. The quantitative estimate of drug-likeness (QED) is 0.301. The molecule has 184 valence electrons. The number of rotatable bonds is 7. The molecular formula is C27H26BrN5O3. The molecule has 4 aromatic rings. The zero-order chi connectivity index (χ0) is 24.9. The van der Waals surface area contributed by atoms with Gasteiger partial charge in [0.25, 0.3) is 0 Å². The van der Waals surface area contributed by atoms with Gasteiger partial charge in [-0.15, -0.1) is 0 Å². The second-order valence-corrected chi connectivity index (χ2v) is 9.53. The summed E-state index contributed by atoms with van der Waals surface area (Å²) in [5, 5.41) is 7.25. The van der Waals surface area contributed by atoms with Gasteiger partial charge in [-0.05, 0) is 55.7 Å². The number of hydrogen-bond acceptors (Lipinski definition) is 6. The van der Waals surface area contributed by atoms with Crippen molar-refractivity contribution in [3.05, 3.63) is 94.5 Å². The van der Waals surface area contributed by atoms with Crippen LogP contribution in [0.4, 0.5) is 4.79 Å². The van der Waals surface area contributed by atoms with Crippen molar-refractivity contribution in [2.45, 2.75) is 38.5 Å². The highest BCUT2D eigenvalue weighted by Crippen LogP contribution is 2.33. The monoisotopic (exact) mass is 547 g/mol. The third-order valence-corrected chi connectivity index (χ3v) is 6.90. The number of aromatic nitrogens is 3. The van der Waals surface area contributed by atoms with Crippen LogP contribution in [0.1, 0.15) is 48.9 Å². The number of pyridine rings is 1. The Balaban J connectivity index is 1.20. The molecular weight excluding hydrogens is 522 g/mol. The Morgan fingerprint density at radius 2 is 2.03 bits per heavy atom. The number of nitrogens with one attached hydrogen (secondary N) is 1. The molecule has 1 aliphatic heterocycles. The van der Waals surface area contributed by atoms with Crippen LogP contribution in [0.2, 0.25) is 0 Å². The maximum absolute atomic E-state index is 13.2. The van der Waals surface area contributed by atoms with Gasteiger partial charge >= 0.3 is 6.03 Å². The summed E-state index contributed by atoms with van der Waals surface area (Å²) in [7, 11) is 0. The fourth-order valence-electron chi connectivity index (χ4n) is 4.24. The highest BCUT2D eigenvalue weighted by Gasteiger charge is 2.34. The summed E-state index contributed by atoms with van der Waals surface area (Å²) < 4.78 is 12.3. The minimum absolute atomic E-state index is 0.150. The van der Waals surface area contributed by atoms with E-state index in [9.17, 15) is 4.79 Å². The largest absolute Gasteiger partial charge is 0.489 e. The van der Waals surface area contributed by atoms with Gasteiger partial charge in [0.15, 0.2) is 0 Å². The number of halogens is 1. The summed E-state index contributed by atoms with van der Waals surface area (Å²) in [5.41, 5.74) is 2.84. The van der Waals surface area contributed by atoms with Gasteiger partial charge in [0, 0.05) is 34.5 Å². The van der Waals surface area contributed by atoms with Crippen molar-refractivity contribution in [2.75, 3.05) is 6.54 Å². The highest BCUT2D eigenvalue weighted by molar-refractivity contribution is 9.10. The van der Waals surface area contributed by atoms with E-state index in [1.54, 1.807) is 17.3 Å². The lowest BCUT2D eigenvalue weighted by molar-refractivity contribution is 0.177. The molecule has 2 aromatic heterocycles. The molecule has 0 spiro atoms. The predicted octanol–water partition coefficient (Wildman–Crippen LogP) is 6.08. The summed E-state index contributed by atoms with van der Waals surface area (Å²) in [5.74, 6) is 1.72. The van der Waals surface area contributed by atoms with Crippen LogP contribution in [-0.4, -0.2) is 32.6 Å². The molecule has 5 rings (SSSR count). The van der Waals surface area contributed by atoms with Gasteiger partial charge in [-0.2, -0.15) is 4.98 Å². The molecule has 9 heteroatoms. The first-order valence-corrected chi connectivity index (χ1v) is 12.6. The zero-order valence-corrected chi connectivity index (χ0v) is 21.4. The van der Waals surface area contributed by atoms with Crippen molar-refractivity contribution < 1.29 is 14.1 Å². The Bertz CT molecular complexity index is 1310. The zero-order valence-electron chi connectivity index (χ0n) is 19.8. The van der Waals surface area contributed by atoms with Gasteiger partial charge in [-0.25, -0.2) is 4.79 Å². The van der Waals surface area contributed by atoms with E-state index in [0.29, 0.717) is 24.9 Å². The first-order chi connectivity index (χ1) is 17.6. The Hall–Kier alpha value is -3.72. The SMILES string of the molecule is CC(NC(=O)N1CCCC1c1nc(-c2ccccc2Br)no1)c1ccc(OCc2cccnc2)cc1. The van der Waals surface area contributed by atoms with Crippen molar-refractivity contribution in [1.29, 1.82) is 0 Å². The number of hydrogen-bond donors (Lipinski definition) is 1. The number of carbonyl (C=O) groups excluding carboxylic acids is 1. The fourth-order valence-corrected chi connectivity index (χ4v) is 4.71. The molecule has 0 aliphatic carbocycles. The van der Waals surface area contributed by atoms with Crippen molar-refractivity contribution in [2.24, 2.45) is 0 Å². The minimum Gasteiger partial charge on any atom is -0.489 e. The number of benzene rings is 2. The van der Waals surface area contributed by atoms with E-state index >= 15 is 0 Å². The van der Waals surface area contributed by atoms with Crippen molar-refractivity contribution in [3.63, 3.8) is 0 Å². The molecule has 0 radical (unpaired) electrons. The van der Waals surface area contributed by atoms with Gasteiger partial charge in [0.05, 0.1) is 6.04 Å². The molecule has 2 atom stereocenters. The summed E-state index contributed by atoms with van der Waals surface area (Å²) >= 11 is 3.53. The number of likely N-dealkylation sites (tertiary alicyclic amines) is 1. The van der Waals surface area contributed by atoms with Crippen LogP contribution in [0.3, 0.4) is 0 Å². The fraction of sp³-hybridized carbons (Fsp3) is 0.259. The molecule has 2 unspecified atom stereocenters. The number of amides is 2. The van der Waals surface area contributed by atoms with Crippen LogP contribution >= 0.6 is 15.9 Å². The summed E-state index contributed by atoms with van der Waals surface area (Å²) in [6, 6.07) is 18.8. The highest BCUT2D eigenvalue weighted by atomic mass is 79.9. The molecule has 2 aromatic carbocycles. The first kappa shape index (κ1) is 24.0. The van der Waals surface area contributed by atoms with Gasteiger partial charge < -0.3 is 19.5 Å². The Kier molecular flexibility index (Phi) is 7.27. The topological polar surface area (TPSA) is 93.4 Å². The Labute approximate surface area is 217 Å². The van der Waals surface area contributed by atoms with Crippen LogP contribution in [-0.2, 0) is 6.61 Å². The van der Waals surface area contributed by atoms with E-state index in [2.05, 4.69) is 36.4 Å². The molecule has 1 saturated heterocycles. The standard InChI is InChI=1S/C27H26BrN5O3/c1-18(20-10-12-21(13-11-20)35-17-19-6-4-14-29-16-19)30-27(34)33-15-5-9-24(33)26-31-25(32-36-26)22-7-2-3-8-23(22)28/h2-4,6-8,10-14,16,18,24H,5,9,15,17H2,1H3,(H,30,34). The lowest BCUT2D eigenvalue weighted by Gasteiger charge is -2.25. The second kappa shape index (κ2) is 10.9. The lowest BCUT2D eigenvalue weighted by Crippen LogP contribution is -2.40. The van der Waals surface area contributed by atoms with Gasteiger partial charge in [-0.3, -0.25) is 4.98 Å². The molecule has 0 bridgehead atoms. The average molecular weight is 548 g/mol. The summed E-state index contributed by atoms with van der Waals surface area (Å²) in [4.78, 5) is 23.6. The van der Waals surface area contributed by atoms with Crippen LogP contribution in [0, 0.1) is 0 Å². The van der Waals surface area contributed by atoms with Crippen LogP contribution in [0.25, 0.3) is 11.4 Å². The smallest absolute Gasteiger partial charge is 0.318 e. The molecule has 8 nitrogen and oxygen atoms in total.